The first-order chi connectivity index (χ1) is 11.9. The van der Waals surface area contributed by atoms with E-state index in [9.17, 15) is 22.8 Å². The summed E-state index contributed by atoms with van der Waals surface area (Å²) < 4.78 is 38.8. The lowest BCUT2D eigenvalue weighted by Gasteiger charge is -2.29. The summed E-state index contributed by atoms with van der Waals surface area (Å²) in [5.41, 5.74) is 5.14. The summed E-state index contributed by atoms with van der Waals surface area (Å²) in [6.45, 7) is -0.461. The van der Waals surface area contributed by atoms with Gasteiger partial charge in [-0.1, -0.05) is 18.2 Å². The van der Waals surface area contributed by atoms with Crippen LogP contribution in [0, 0.1) is 0 Å². The number of nitrogen functional groups attached to an aromatic ring is 1. The van der Waals surface area contributed by atoms with E-state index >= 15 is 0 Å². The number of nitrogens with one attached hydrogen (secondary N) is 1. The molecule has 6 radical (unpaired) electrons. The van der Waals surface area contributed by atoms with Gasteiger partial charge in [0.2, 0.25) is 0 Å². The number of aromatic nitrogens is 2. The highest BCUT2D eigenvalue weighted by atomic mass is 19.4. The summed E-state index contributed by atoms with van der Waals surface area (Å²) in [6.07, 6.45) is -5.28. The topological polar surface area (TPSA) is 82.1 Å². The Hall–Kier alpha value is -2.52. The predicted octanol–water partition coefficient (Wildman–Crippen LogP) is -0.484. The Labute approximate surface area is 150 Å². The Balaban J connectivity index is 2.44. The van der Waals surface area contributed by atoms with Crippen LogP contribution in [0.5, 0.6) is 0 Å². The Bertz CT molecular complexity index is 857. The van der Waals surface area contributed by atoms with Crippen molar-refractivity contribution in [1.29, 1.82) is 0 Å². The van der Waals surface area contributed by atoms with Gasteiger partial charge in [0.05, 0.1) is 34.9 Å². The third kappa shape index (κ3) is 4.00. The van der Waals surface area contributed by atoms with Crippen LogP contribution in [0.1, 0.15) is 5.69 Å². The number of anilines is 1. The molecule has 6 nitrogen and oxygen atoms in total. The van der Waals surface area contributed by atoms with Gasteiger partial charge in [0.15, 0.2) is 0 Å². The maximum absolute atomic E-state index is 12.5. The quantitative estimate of drug-likeness (QED) is 0.709. The summed E-state index contributed by atoms with van der Waals surface area (Å²) in [6, 6.07) is 8.13. The molecule has 1 aromatic heterocycles. The van der Waals surface area contributed by atoms with E-state index in [4.69, 9.17) is 29.3 Å². The minimum Gasteiger partial charge on any atom is -0.393 e. The van der Waals surface area contributed by atoms with Crippen molar-refractivity contribution in [3.8, 4) is 5.69 Å². The number of amides is 1. The minimum absolute atomic E-state index is 0.00572. The van der Waals surface area contributed by atoms with Crippen molar-refractivity contribution in [2.45, 2.75) is 17.8 Å². The molecule has 1 aromatic carbocycles. The second-order valence-electron chi connectivity index (χ2n) is 5.52. The monoisotopic (exact) mass is 358 g/mol. The van der Waals surface area contributed by atoms with E-state index in [2.05, 4.69) is 0 Å². The maximum atomic E-state index is 12.5. The standard InChI is InChI=1S/C14H12B3F3N4O2/c15-14(16,17)24-9(6-7-22-12(26)13(18,19)20)10(21)11(25)23(24)8-4-2-1-3-5-8/h1-5H,6-7,21H2,(H,22,26). The first-order valence-electron chi connectivity index (χ1n) is 7.34. The Morgan fingerprint density at radius 2 is 1.73 bits per heavy atom. The molecule has 12 heteroatoms. The second kappa shape index (κ2) is 7.01. The van der Waals surface area contributed by atoms with Gasteiger partial charge < -0.3 is 11.1 Å². The van der Waals surface area contributed by atoms with Crippen LogP contribution in [0.15, 0.2) is 35.1 Å². The summed E-state index contributed by atoms with van der Waals surface area (Å²) in [4.78, 5) is 23.4. The van der Waals surface area contributed by atoms with E-state index in [1.165, 1.54) is 0 Å². The van der Waals surface area contributed by atoms with Crippen LogP contribution in [-0.4, -0.2) is 51.5 Å². The van der Waals surface area contributed by atoms with Crippen molar-refractivity contribution >= 4 is 35.1 Å². The van der Waals surface area contributed by atoms with Gasteiger partial charge in [-0.2, -0.15) is 13.2 Å². The number of alkyl halides is 3. The fraction of sp³-hybridized carbons (Fsp3) is 0.286. The number of para-hydroxylation sites is 1. The van der Waals surface area contributed by atoms with Gasteiger partial charge >= 0.3 is 12.1 Å². The van der Waals surface area contributed by atoms with E-state index in [1.807, 2.05) is 0 Å². The van der Waals surface area contributed by atoms with Crippen LogP contribution in [0.25, 0.3) is 5.69 Å². The molecule has 0 aliphatic carbocycles. The van der Waals surface area contributed by atoms with Gasteiger partial charge in [-0.25, -0.2) is 4.68 Å². The lowest BCUT2D eigenvalue weighted by Crippen LogP contribution is -2.43. The zero-order valence-electron chi connectivity index (χ0n) is 13.5. The molecule has 3 N–H and O–H groups in total. The van der Waals surface area contributed by atoms with Crippen LogP contribution in [0.4, 0.5) is 18.9 Å². The summed E-state index contributed by atoms with van der Waals surface area (Å²) in [5, 5.41) is -0.395. The van der Waals surface area contributed by atoms with Crippen molar-refractivity contribution in [3.63, 3.8) is 0 Å². The predicted molar refractivity (Wildman–Crippen MR) is 92.4 cm³/mol. The Morgan fingerprint density at radius 3 is 2.23 bits per heavy atom. The molecule has 0 saturated carbocycles. The number of rotatable bonds is 5. The maximum Gasteiger partial charge on any atom is 0.471 e. The number of hydrogen-bond acceptors (Lipinski definition) is 3. The fourth-order valence-electron chi connectivity index (χ4n) is 2.41. The van der Waals surface area contributed by atoms with E-state index in [0.717, 1.165) is 9.36 Å². The molecule has 2 aromatic rings. The number of nitrogens with two attached hydrogens (primary N) is 1. The molecule has 1 amide bonds. The third-order valence-electron chi connectivity index (χ3n) is 3.46. The van der Waals surface area contributed by atoms with Gasteiger partial charge in [0.1, 0.15) is 5.69 Å². The van der Waals surface area contributed by atoms with Gasteiger partial charge in [-0.05, 0) is 17.4 Å². The van der Waals surface area contributed by atoms with Crippen LogP contribution >= 0.6 is 0 Å². The molecular formula is C14H12B3F3N4O2. The van der Waals surface area contributed by atoms with E-state index in [0.29, 0.717) is 5.69 Å². The van der Waals surface area contributed by atoms with Crippen LogP contribution in [0.3, 0.4) is 0 Å². The van der Waals surface area contributed by atoms with E-state index in [-0.39, 0.29) is 17.8 Å². The zero-order chi connectivity index (χ0) is 19.7. The van der Waals surface area contributed by atoms with Crippen molar-refractivity contribution in [3.05, 3.63) is 46.4 Å². The fourth-order valence-corrected chi connectivity index (χ4v) is 2.41. The van der Waals surface area contributed by atoms with Crippen molar-refractivity contribution in [2.24, 2.45) is 0 Å². The van der Waals surface area contributed by atoms with Crippen molar-refractivity contribution in [1.82, 2.24) is 14.7 Å². The first kappa shape index (κ1) is 19.8. The molecule has 0 spiro atoms. The Kier molecular flexibility index (Phi) is 5.34. The lowest BCUT2D eigenvalue weighted by molar-refractivity contribution is -0.173. The largest absolute Gasteiger partial charge is 0.471 e. The number of carbonyl (C=O) groups is 1. The number of hydrogen-bond donors (Lipinski definition) is 2. The summed E-state index contributed by atoms with van der Waals surface area (Å²) in [7, 11) is 17.1. The van der Waals surface area contributed by atoms with E-state index < -0.39 is 29.4 Å². The third-order valence-corrected chi connectivity index (χ3v) is 3.46. The molecule has 0 atom stereocenters. The molecule has 26 heavy (non-hydrogen) atoms. The molecule has 0 bridgehead atoms. The Morgan fingerprint density at radius 1 is 1.15 bits per heavy atom. The molecular weight excluding hydrogens is 346 g/mol. The van der Waals surface area contributed by atoms with Gasteiger partial charge in [-0.15, -0.1) is 0 Å². The first-order valence-corrected chi connectivity index (χ1v) is 7.34. The normalized spacial score (nSPS) is 12.1. The van der Waals surface area contributed by atoms with Crippen molar-refractivity contribution in [2.75, 3.05) is 12.3 Å². The van der Waals surface area contributed by atoms with Crippen LogP contribution in [-0.2, 0) is 16.5 Å². The van der Waals surface area contributed by atoms with Gasteiger partial charge in [-0.3, -0.25) is 14.3 Å². The van der Waals surface area contributed by atoms with Gasteiger partial charge in [0, 0.05) is 13.0 Å². The highest BCUT2D eigenvalue weighted by Crippen LogP contribution is 2.19. The highest BCUT2D eigenvalue weighted by Gasteiger charge is 2.38. The molecule has 0 unspecified atom stereocenters. The molecule has 0 aliphatic heterocycles. The second-order valence-corrected chi connectivity index (χ2v) is 5.52. The number of benzene rings is 1. The number of nitrogens with zero attached hydrogens (tertiary/aromatic N) is 2. The SMILES string of the molecule is [B]C([B])([B])n1c(CCNC(=O)C(F)(F)F)c(N)c(=O)n1-c1ccccc1. The molecule has 0 saturated heterocycles. The minimum atomic E-state index is -5.03. The zero-order valence-corrected chi connectivity index (χ0v) is 13.5. The van der Waals surface area contributed by atoms with Gasteiger partial charge in [0.25, 0.3) is 5.56 Å². The smallest absolute Gasteiger partial charge is 0.393 e. The molecule has 0 aliphatic rings. The summed E-state index contributed by atoms with van der Waals surface area (Å²) >= 11 is 0. The molecule has 130 valence electrons. The molecule has 1 heterocycles. The molecule has 0 fully saturated rings. The summed E-state index contributed by atoms with van der Waals surface area (Å²) in [5.74, 6) is -2.12. The molecule has 2 rings (SSSR count). The number of carbonyl (C=O) groups excluding carboxylic acids is 1. The average molecular weight is 358 g/mol. The van der Waals surface area contributed by atoms with Crippen LogP contribution in [0.2, 0.25) is 0 Å². The average Bonchev–Trinajstić information content (AvgIpc) is 2.79. The van der Waals surface area contributed by atoms with E-state index in [1.54, 1.807) is 35.6 Å². The van der Waals surface area contributed by atoms with Crippen molar-refractivity contribution < 1.29 is 18.0 Å². The highest BCUT2D eigenvalue weighted by molar-refractivity contribution is 6.56. The number of halogens is 3. The lowest BCUT2D eigenvalue weighted by atomic mass is 9.49. The van der Waals surface area contributed by atoms with Crippen LogP contribution < -0.4 is 16.6 Å².